The SMILES string of the molecule is Cc1c(Cl)cccc1NC(=O)Cn1c(=O)cc(C)c2c(C)nn(-c3ccccc3)c21. The van der Waals surface area contributed by atoms with Crippen molar-refractivity contribution in [2.75, 3.05) is 5.32 Å². The van der Waals surface area contributed by atoms with Gasteiger partial charge in [0.05, 0.1) is 11.4 Å². The molecule has 4 rings (SSSR count). The van der Waals surface area contributed by atoms with Crippen molar-refractivity contribution in [3.05, 3.63) is 86.8 Å². The fourth-order valence-corrected chi connectivity index (χ4v) is 3.82. The summed E-state index contributed by atoms with van der Waals surface area (Å²) >= 11 is 6.15. The van der Waals surface area contributed by atoms with E-state index in [1.807, 2.05) is 51.1 Å². The van der Waals surface area contributed by atoms with E-state index < -0.39 is 0 Å². The first-order valence-electron chi connectivity index (χ1n) is 9.57. The number of carbonyl (C=O) groups excluding carboxylic acids is 1. The summed E-state index contributed by atoms with van der Waals surface area (Å²) in [6.07, 6.45) is 0. The maximum atomic E-state index is 12.9. The number of aromatic nitrogens is 3. The van der Waals surface area contributed by atoms with E-state index in [9.17, 15) is 9.59 Å². The Morgan fingerprint density at radius 3 is 2.53 bits per heavy atom. The Hall–Kier alpha value is -3.38. The van der Waals surface area contributed by atoms with Crippen molar-refractivity contribution in [3.8, 4) is 5.69 Å². The molecule has 2 aromatic heterocycles. The van der Waals surface area contributed by atoms with Crippen molar-refractivity contribution in [2.45, 2.75) is 27.3 Å². The quantitative estimate of drug-likeness (QED) is 0.531. The van der Waals surface area contributed by atoms with Gasteiger partial charge in [0.1, 0.15) is 12.2 Å². The highest BCUT2D eigenvalue weighted by atomic mass is 35.5. The Bertz CT molecular complexity index is 1320. The fraction of sp³-hybridized carbons (Fsp3) is 0.174. The van der Waals surface area contributed by atoms with E-state index in [4.69, 9.17) is 11.6 Å². The normalized spacial score (nSPS) is 11.1. The van der Waals surface area contributed by atoms with E-state index in [-0.39, 0.29) is 18.0 Å². The lowest BCUT2D eigenvalue weighted by molar-refractivity contribution is -0.116. The maximum Gasteiger partial charge on any atom is 0.252 e. The average Bonchev–Trinajstić information content (AvgIpc) is 3.07. The van der Waals surface area contributed by atoms with Gasteiger partial charge in [-0.2, -0.15) is 5.10 Å². The molecule has 6 nitrogen and oxygen atoms in total. The van der Waals surface area contributed by atoms with Gasteiger partial charge in [0.15, 0.2) is 0 Å². The van der Waals surface area contributed by atoms with Crippen LogP contribution in [-0.4, -0.2) is 20.3 Å². The minimum Gasteiger partial charge on any atom is -0.324 e. The molecule has 0 spiro atoms. The molecule has 0 bridgehead atoms. The van der Waals surface area contributed by atoms with E-state index in [0.717, 1.165) is 27.9 Å². The molecule has 0 aliphatic heterocycles. The van der Waals surface area contributed by atoms with Gasteiger partial charge in [0.25, 0.3) is 5.56 Å². The Kier molecular flexibility index (Phi) is 5.18. The van der Waals surface area contributed by atoms with Crippen LogP contribution in [0.5, 0.6) is 0 Å². The summed E-state index contributed by atoms with van der Waals surface area (Å²) in [5.41, 5.74) is 4.19. The van der Waals surface area contributed by atoms with E-state index >= 15 is 0 Å². The summed E-state index contributed by atoms with van der Waals surface area (Å²) in [6.45, 7) is 5.48. The number of nitrogens with one attached hydrogen (secondary N) is 1. The maximum absolute atomic E-state index is 12.9. The highest BCUT2D eigenvalue weighted by molar-refractivity contribution is 6.31. The van der Waals surface area contributed by atoms with Crippen LogP contribution in [0.3, 0.4) is 0 Å². The van der Waals surface area contributed by atoms with Crippen molar-refractivity contribution in [1.82, 2.24) is 14.3 Å². The molecule has 0 aliphatic carbocycles. The number of benzene rings is 2. The number of anilines is 1. The molecule has 152 valence electrons. The summed E-state index contributed by atoms with van der Waals surface area (Å²) in [4.78, 5) is 25.7. The number of rotatable bonds is 4. The number of nitrogens with zero attached hydrogens (tertiary/aromatic N) is 3. The Morgan fingerprint density at radius 2 is 1.80 bits per heavy atom. The largest absolute Gasteiger partial charge is 0.324 e. The van der Waals surface area contributed by atoms with Gasteiger partial charge in [0.2, 0.25) is 5.91 Å². The van der Waals surface area contributed by atoms with Gasteiger partial charge in [-0.05, 0) is 56.2 Å². The molecular weight excluding hydrogens is 400 g/mol. The number of carbonyl (C=O) groups is 1. The van der Waals surface area contributed by atoms with Crippen molar-refractivity contribution in [3.63, 3.8) is 0 Å². The average molecular weight is 421 g/mol. The predicted octanol–water partition coefficient (Wildman–Crippen LogP) is 4.40. The molecule has 0 fully saturated rings. The number of aryl methyl sites for hydroxylation is 2. The number of pyridine rings is 1. The van der Waals surface area contributed by atoms with Crippen LogP contribution in [-0.2, 0) is 11.3 Å². The zero-order valence-electron chi connectivity index (χ0n) is 16.9. The van der Waals surface area contributed by atoms with E-state index in [0.29, 0.717) is 16.4 Å². The van der Waals surface area contributed by atoms with Crippen LogP contribution >= 0.6 is 11.6 Å². The van der Waals surface area contributed by atoms with E-state index in [1.54, 1.807) is 28.9 Å². The van der Waals surface area contributed by atoms with E-state index in [2.05, 4.69) is 10.4 Å². The van der Waals surface area contributed by atoms with Crippen molar-refractivity contribution in [2.24, 2.45) is 0 Å². The highest BCUT2D eigenvalue weighted by Gasteiger charge is 2.19. The summed E-state index contributed by atoms with van der Waals surface area (Å²) in [7, 11) is 0. The van der Waals surface area contributed by atoms with Gasteiger partial charge in [0, 0.05) is 22.2 Å². The summed E-state index contributed by atoms with van der Waals surface area (Å²) in [6, 6.07) is 16.4. The molecule has 2 aromatic carbocycles. The third-order valence-corrected chi connectivity index (χ3v) is 5.55. The highest BCUT2D eigenvalue weighted by Crippen LogP contribution is 2.25. The van der Waals surface area contributed by atoms with Gasteiger partial charge in [-0.3, -0.25) is 14.2 Å². The second kappa shape index (κ2) is 7.80. The third-order valence-electron chi connectivity index (χ3n) is 5.14. The molecule has 0 atom stereocenters. The zero-order chi connectivity index (χ0) is 21.4. The molecule has 4 aromatic rings. The molecule has 0 saturated carbocycles. The third kappa shape index (κ3) is 3.50. The number of fused-ring (bicyclic) bond motifs is 1. The Balaban J connectivity index is 1.81. The second-order valence-electron chi connectivity index (χ2n) is 7.24. The minimum atomic E-state index is -0.314. The fourth-order valence-electron chi connectivity index (χ4n) is 3.64. The summed E-state index contributed by atoms with van der Waals surface area (Å²) < 4.78 is 3.18. The van der Waals surface area contributed by atoms with Crippen molar-refractivity contribution >= 4 is 34.2 Å². The number of amides is 1. The van der Waals surface area contributed by atoms with Gasteiger partial charge in [-0.15, -0.1) is 0 Å². The standard InChI is InChI=1S/C23H21ClN4O2/c1-14-12-21(30)27(13-20(29)25-19-11-7-10-18(24)15(19)2)23-22(14)16(3)26-28(23)17-8-5-4-6-9-17/h4-12H,13H2,1-3H3,(H,25,29). The second-order valence-corrected chi connectivity index (χ2v) is 7.65. The van der Waals surface area contributed by atoms with Crippen LogP contribution in [0.1, 0.15) is 16.8 Å². The van der Waals surface area contributed by atoms with Gasteiger partial charge >= 0.3 is 0 Å². The van der Waals surface area contributed by atoms with Gasteiger partial charge in [-0.1, -0.05) is 35.9 Å². The molecule has 2 heterocycles. The number of hydrogen-bond donors (Lipinski definition) is 1. The Labute approximate surface area is 178 Å². The molecule has 30 heavy (non-hydrogen) atoms. The van der Waals surface area contributed by atoms with Gasteiger partial charge < -0.3 is 5.32 Å². The molecule has 0 unspecified atom stereocenters. The number of halogens is 1. The molecule has 0 aliphatic rings. The predicted molar refractivity (Wildman–Crippen MR) is 120 cm³/mol. The van der Waals surface area contributed by atoms with Crippen LogP contribution in [0.15, 0.2) is 59.4 Å². The first kappa shape index (κ1) is 19.9. The van der Waals surface area contributed by atoms with Crippen LogP contribution in [0.4, 0.5) is 5.69 Å². The summed E-state index contributed by atoms with van der Waals surface area (Å²) in [5.74, 6) is -0.314. The lowest BCUT2D eigenvalue weighted by Gasteiger charge is -2.13. The van der Waals surface area contributed by atoms with Crippen LogP contribution in [0.25, 0.3) is 16.7 Å². The molecule has 0 radical (unpaired) electrons. The lowest BCUT2D eigenvalue weighted by atomic mass is 10.1. The van der Waals surface area contributed by atoms with E-state index in [1.165, 1.54) is 4.57 Å². The molecule has 7 heteroatoms. The smallest absolute Gasteiger partial charge is 0.252 e. The van der Waals surface area contributed by atoms with Crippen molar-refractivity contribution in [1.29, 1.82) is 0 Å². The lowest BCUT2D eigenvalue weighted by Crippen LogP contribution is -2.29. The molecular formula is C23H21ClN4O2. The number of para-hydroxylation sites is 1. The first-order chi connectivity index (χ1) is 14.4. The molecule has 1 N–H and O–H groups in total. The Morgan fingerprint density at radius 1 is 1.07 bits per heavy atom. The summed E-state index contributed by atoms with van der Waals surface area (Å²) in [5, 5.41) is 8.94. The van der Waals surface area contributed by atoms with Crippen LogP contribution < -0.4 is 10.9 Å². The molecule has 1 amide bonds. The van der Waals surface area contributed by atoms with Crippen LogP contribution in [0, 0.1) is 20.8 Å². The zero-order valence-corrected chi connectivity index (χ0v) is 17.7. The van der Waals surface area contributed by atoms with Crippen LogP contribution in [0.2, 0.25) is 5.02 Å². The molecule has 0 saturated heterocycles. The minimum absolute atomic E-state index is 0.139. The van der Waals surface area contributed by atoms with Gasteiger partial charge in [-0.25, -0.2) is 4.68 Å². The number of hydrogen-bond acceptors (Lipinski definition) is 3. The topological polar surface area (TPSA) is 68.9 Å². The first-order valence-corrected chi connectivity index (χ1v) is 9.95. The monoisotopic (exact) mass is 420 g/mol. The van der Waals surface area contributed by atoms with Crippen molar-refractivity contribution < 1.29 is 4.79 Å².